The molecule has 21 heavy (non-hydrogen) atoms. The number of nitrogens with one attached hydrogen (secondary N) is 1. The summed E-state index contributed by atoms with van der Waals surface area (Å²) in [5.41, 5.74) is 0.959. The molecule has 1 aromatic carbocycles. The molecule has 1 fully saturated rings. The fourth-order valence-corrected chi connectivity index (χ4v) is 2.31. The highest BCUT2D eigenvalue weighted by molar-refractivity contribution is 14.0. The van der Waals surface area contributed by atoms with Crippen molar-refractivity contribution in [3.05, 3.63) is 30.3 Å². The van der Waals surface area contributed by atoms with Crippen LogP contribution in [0.15, 0.2) is 35.3 Å². The Morgan fingerprint density at radius 2 is 2.05 bits per heavy atom. The van der Waals surface area contributed by atoms with Crippen molar-refractivity contribution in [3.8, 4) is 0 Å². The second kappa shape index (κ2) is 8.21. The van der Waals surface area contributed by atoms with Crippen molar-refractivity contribution in [1.29, 1.82) is 0 Å². The lowest BCUT2D eigenvalue weighted by atomic mass is 10.2. The topological polar surface area (TPSA) is 47.9 Å². The van der Waals surface area contributed by atoms with Gasteiger partial charge in [0.15, 0.2) is 5.96 Å². The van der Waals surface area contributed by atoms with Gasteiger partial charge >= 0.3 is 0 Å². The van der Waals surface area contributed by atoms with Gasteiger partial charge in [0.05, 0.1) is 6.04 Å². The first-order valence-corrected chi connectivity index (χ1v) is 6.95. The fraction of sp³-hybridized carbons (Fsp3) is 0.467. The Labute approximate surface area is 143 Å². The lowest BCUT2D eigenvalue weighted by Crippen LogP contribution is -2.44. The Hall–Kier alpha value is -1.31. The minimum absolute atomic E-state index is 0. The number of carbonyl (C=O) groups excluding carboxylic acids is 1. The number of halogens is 1. The maximum absolute atomic E-state index is 12.1. The lowest BCUT2D eigenvalue weighted by Gasteiger charge is -2.22. The quantitative estimate of drug-likeness (QED) is 0.478. The molecule has 1 amide bonds. The third kappa shape index (κ3) is 4.59. The van der Waals surface area contributed by atoms with Crippen LogP contribution in [-0.4, -0.2) is 50.0 Å². The summed E-state index contributed by atoms with van der Waals surface area (Å²) < 4.78 is 0. The Morgan fingerprint density at radius 1 is 1.38 bits per heavy atom. The van der Waals surface area contributed by atoms with Crippen molar-refractivity contribution in [2.75, 3.05) is 32.1 Å². The second-order valence-corrected chi connectivity index (χ2v) is 5.08. The van der Waals surface area contributed by atoms with E-state index in [1.54, 1.807) is 0 Å². The summed E-state index contributed by atoms with van der Waals surface area (Å²) in [6.45, 7) is 3.41. The minimum atomic E-state index is 0. The third-order valence-electron chi connectivity index (χ3n) is 3.26. The number of hydrogen-bond acceptors (Lipinski definition) is 2. The van der Waals surface area contributed by atoms with Gasteiger partial charge in [0, 0.05) is 39.3 Å². The molecule has 1 aliphatic rings. The monoisotopic (exact) mass is 402 g/mol. The zero-order chi connectivity index (χ0) is 14.5. The molecule has 0 saturated carbocycles. The molecule has 0 bridgehead atoms. The van der Waals surface area contributed by atoms with E-state index in [2.05, 4.69) is 10.3 Å². The lowest BCUT2D eigenvalue weighted by molar-refractivity contribution is -0.117. The van der Waals surface area contributed by atoms with Crippen LogP contribution in [0.5, 0.6) is 0 Å². The van der Waals surface area contributed by atoms with Gasteiger partial charge in [0.25, 0.3) is 0 Å². The molecule has 1 atom stereocenters. The molecular weight excluding hydrogens is 379 g/mol. The van der Waals surface area contributed by atoms with Gasteiger partial charge in [-0.3, -0.25) is 9.79 Å². The van der Waals surface area contributed by atoms with Crippen molar-refractivity contribution < 1.29 is 4.79 Å². The molecule has 1 heterocycles. The van der Waals surface area contributed by atoms with Crippen LogP contribution in [0.25, 0.3) is 0 Å². The largest absolute Gasteiger partial charge is 0.351 e. The number of nitrogens with zero attached hydrogens (tertiary/aromatic N) is 3. The maximum Gasteiger partial charge on any atom is 0.229 e. The van der Waals surface area contributed by atoms with E-state index in [0.29, 0.717) is 13.0 Å². The molecule has 116 valence electrons. The molecule has 0 aromatic heterocycles. The van der Waals surface area contributed by atoms with Gasteiger partial charge in [-0.1, -0.05) is 18.2 Å². The van der Waals surface area contributed by atoms with Crippen molar-refractivity contribution in [2.24, 2.45) is 4.99 Å². The molecule has 6 heteroatoms. The van der Waals surface area contributed by atoms with Gasteiger partial charge in [0.2, 0.25) is 5.91 Å². The Bertz CT molecular complexity index is 490. The first-order valence-electron chi connectivity index (χ1n) is 6.95. The minimum Gasteiger partial charge on any atom is -0.351 e. The highest BCUT2D eigenvalue weighted by Gasteiger charge is 2.31. The number of hydrogen-bond donors (Lipinski definition) is 1. The van der Waals surface area contributed by atoms with Crippen molar-refractivity contribution >= 4 is 41.5 Å². The summed E-state index contributed by atoms with van der Waals surface area (Å²) in [7, 11) is 3.90. The van der Waals surface area contributed by atoms with Crippen molar-refractivity contribution in [3.63, 3.8) is 0 Å². The number of aliphatic imine (C=N–C) groups is 1. The first-order chi connectivity index (χ1) is 9.61. The average molecular weight is 402 g/mol. The summed E-state index contributed by atoms with van der Waals surface area (Å²) in [5.74, 6) is 0.989. The predicted molar refractivity (Wildman–Crippen MR) is 97.4 cm³/mol. The zero-order valence-corrected chi connectivity index (χ0v) is 15.1. The van der Waals surface area contributed by atoms with Crippen LogP contribution >= 0.6 is 24.0 Å². The van der Waals surface area contributed by atoms with Crippen LogP contribution in [0.2, 0.25) is 0 Å². The Balaban J connectivity index is 0.00000220. The molecule has 1 N–H and O–H groups in total. The first kappa shape index (κ1) is 17.7. The molecule has 1 aliphatic heterocycles. The van der Waals surface area contributed by atoms with Crippen molar-refractivity contribution in [1.82, 2.24) is 10.2 Å². The van der Waals surface area contributed by atoms with Gasteiger partial charge in [-0.05, 0) is 19.1 Å². The fourth-order valence-electron chi connectivity index (χ4n) is 2.31. The molecule has 2 rings (SSSR count). The second-order valence-electron chi connectivity index (χ2n) is 5.08. The van der Waals surface area contributed by atoms with E-state index in [0.717, 1.165) is 18.2 Å². The van der Waals surface area contributed by atoms with Gasteiger partial charge < -0.3 is 15.1 Å². The number of rotatable bonds is 3. The molecule has 1 aromatic rings. The number of carbonyl (C=O) groups is 1. The van der Waals surface area contributed by atoms with Crippen LogP contribution < -0.4 is 10.2 Å². The van der Waals surface area contributed by atoms with Gasteiger partial charge in [0.1, 0.15) is 0 Å². The van der Waals surface area contributed by atoms with Crippen LogP contribution in [0, 0.1) is 0 Å². The summed E-state index contributed by atoms with van der Waals surface area (Å²) in [6.07, 6.45) is 0.505. The van der Waals surface area contributed by atoms with E-state index in [9.17, 15) is 4.79 Å². The van der Waals surface area contributed by atoms with E-state index < -0.39 is 0 Å². The third-order valence-corrected chi connectivity index (χ3v) is 3.26. The normalized spacial score (nSPS) is 18.4. The number of para-hydroxylation sites is 1. The summed E-state index contributed by atoms with van der Waals surface area (Å²) in [5, 5.41) is 3.36. The predicted octanol–water partition coefficient (Wildman–Crippen LogP) is 1.94. The summed E-state index contributed by atoms with van der Waals surface area (Å²) in [4.78, 5) is 20.3. The van der Waals surface area contributed by atoms with Gasteiger partial charge in [-0.15, -0.1) is 24.0 Å². The Morgan fingerprint density at radius 3 is 2.62 bits per heavy atom. The molecule has 1 unspecified atom stereocenters. The molecule has 0 radical (unpaired) electrons. The molecule has 5 nitrogen and oxygen atoms in total. The van der Waals surface area contributed by atoms with Gasteiger partial charge in [-0.2, -0.15) is 0 Å². The van der Waals surface area contributed by atoms with Crippen LogP contribution in [-0.2, 0) is 4.79 Å². The maximum atomic E-state index is 12.1. The number of amides is 1. The van der Waals surface area contributed by atoms with Crippen LogP contribution in [0.3, 0.4) is 0 Å². The van der Waals surface area contributed by atoms with E-state index in [-0.39, 0.29) is 35.9 Å². The zero-order valence-electron chi connectivity index (χ0n) is 12.7. The van der Waals surface area contributed by atoms with Gasteiger partial charge in [-0.25, -0.2) is 0 Å². The number of anilines is 1. The standard InChI is InChI=1S/C15H22N4O.HI/c1-4-16-15(18(2)3)17-12-10-14(20)19(11-12)13-8-6-5-7-9-13;/h5-9,12H,4,10-11H2,1-3H3,(H,16,17);1H. The number of guanidine groups is 1. The van der Waals surface area contributed by atoms with E-state index in [1.165, 1.54) is 0 Å². The number of benzene rings is 1. The summed E-state index contributed by atoms with van der Waals surface area (Å²) in [6, 6.07) is 9.90. The summed E-state index contributed by atoms with van der Waals surface area (Å²) >= 11 is 0. The molecule has 0 spiro atoms. The SMILES string of the molecule is CCN=C(NC1CC(=O)N(c2ccccc2)C1)N(C)C.I. The molecule has 1 saturated heterocycles. The van der Waals surface area contributed by atoms with Crippen LogP contribution in [0.4, 0.5) is 5.69 Å². The van der Waals surface area contributed by atoms with E-state index in [1.807, 2.05) is 61.2 Å². The average Bonchev–Trinajstić information content (AvgIpc) is 2.80. The Kier molecular flexibility index (Phi) is 6.94. The van der Waals surface area contributed by atoms with E-state index in [4.69, 9.17) is 0 Å². The van der Waals surface area contributed by atoms with Crippen molar-refractivity contribution in [2.45, 2.75) is 19.4 Å². The molecule has 0 aliphatic carbocycles. The highest BCUT2D eigenvalue weighted by Crippen LogP contribution is 2.20. The molecular formula is C15H23IN4O. The van der Waals surface area contributed by atoms with Crippen LogP contribution in [0.1, 0.15) is 13.3 Å². The smallest absolute Gasteiger partial charge is 0.229 e. The van der Waals surface area contributed by atoms with E-state index >= 15 is 0 Å². The highest BCUT2D eigenvalue weighted by atomic mass is 127.